The van der Waals surface area contributed by atoms with Crippen molar-refractivity contribution < 1.29 is 4.79 Å². The average molecular weight is 301 g/mol. The van der Waals surface area contributed by atoms with Crippen molar-refractivity contribution in [3.63, 3.8) is 0 Å². The average Bonchev–Trinajstić information content (AvgIpc) is 2.94. The Morgan fingerprint density at radius 2 is 2.14 bits per heavy atom. The summed E-state index contributed by atoms with van der Waals surface area (Å²) in [5, 5.41) is 15.0. The lowest BCUT2D eigenvalue weighted by Crippen LogP contribution is -2.28. The molecule has 3 N–H and O–H groups in total. The van der Waals surface area contributed by atoms with Gasteiger partial charge in [0.2, 0.25) is 0 Å². The maximum absolute atomic E-state index is 11.4. The number of carbonyl (C=O) groups excluding carboxylic acids is 1. The van der Waals surface area contributed by atoms with Crippen LogP contribution in [0.3, 0.4) is 0 Å². The van der Waals surface area contributed by atoms with E-state index in [0.717, 1.165) is 31.5 Å². The first-order valence-corrected chi connectivity index (χ1v) is 7.38. The molecule has 1 amide bonds. The quantitative estimate of drug-likeness (QED) is 0.865. The van der Waals surface area contributed by atoms with E-state index in [0.29, 0.717) is 17.3 Å². The van der Waals surface area contributed by atoms with E-state index >= 15 is 0 Å². The van der Waals surface area contributed by atoms with Gasteiger partial charge in [-0.25, -0.2) is 9.67 Å². The minimum Gasteiger partial charge on any atom is -0.367 e. The highest BCUT2D eigenvalue weighted by Gasteiger charge is 2.26. The summed E-state index contributed by atoms with van der Waals surface area (Å²) in [5.74, 6) is 1.43. The number of carbonyl (C=O) groups is 1. The molecule has 0 bridgehead atoms. The summed E-state index contributed by atoms with van der Waals surface area (Å²) in [5.41, 5.74) is 5.81. The van der Waals surface area contributed by atoms with Gasteiger partial charge < -0.3 is 11.1 Å². The number of anilines is 1. The molecule has 0 spiro atoms. The second-order valence-corrected chi connectivity index (χ2v) is 5.62. The van der Waals surface area contributed by atoms with Crippen LogP contribution in [-0.2, 0) is 7.05 Å². The predicted octanol–water partition coefficient (Wildman–Crippen LogP) is 0.842. The zero-order chi connectivity index (χ0) is 15.5. The Hall–Kier alpha value is -2.51. The summed E-state index contributed by atoms with van der Waals surface area (Å²) < 4.78 is 1.74. The molecular formula is C14H19N7O. The van der Waals surface area contributed by atoms with Crippen LogP contribution in [0.4, 0.5) is 5.82 Å². The number of amides is 1. The number of hydrogen-bond donors (Lipinski definition) is 2. The van der Waals surface area contributed by atoms with Gasteiger partial charge in [0.05, 0.1) is 5.56 Å². The molecule has 2 aromatic rings. The Morgan fingerprint density at radius 3 is 2.77 bits per heavy atom. The highest BCUT2D eigenvalue weighted by molar-refractivity contribution is 5.97. The number of nitrogens with zero attached hydrogens (tertiary/aromatic N) is 5. The third kappa shape index (κ3) is 2.90. The smallest absolute Gasteiger partial charge is 0.252 e. The highest BCUT2D eigenvalue weighted by Crippen LogP contribution is 2.32. The van der Waals surface area contributed by atoms with Gasteiger partial charge in [0.15, 0.2) is 5.82 Å². The van der Waals surface area contributed by atoms with E-state index in [2.05, 4.69) is 25.8 Å². The van der Waals surface area contributed by atoms with Gasteiger partial charge in [-0.05, 0) is 48.2 Å². The molecule has 3 rings (SSSR count). The molecule has 8 heteroatoms. The lowest BCUT2D eigenvalue weighted by atomic mass is 9.85. The Kier molecular flexibility index (Phi) is 3.99. The number of aromatic nitrogens is 5. The van der Waals surface area contributed by atoms with Crippen LogP contribution in [0.2, 0.25) is 0 Å². The van der Waals surface area contributed by atoms with Gasteiger partial charge in [-0.3, -0.25) is 4.79 Å². The van der Waals surface area contributed by atoms with Crippen molar-refractivity contribution in [3.05, 3.63) is 29.7 Å². The molecule has 0 aromatic carbocycles. The Balaban J connectivity index is 1.63. The second kappa shape index (κ2) is 6.08. The van der Waals surface area contributed by atoms with Crippen molar-refractivity contribution in [3.8, 4) is 0 Å². The normalized spacial score (nSPS) is 21.5. The molecule has 116 valence electrons. The van der Waals surface area contributed by atoms with Crippen LogP contribution in [0.1, 0.15) is 47.8 Å². The molecule has 1 aliphatic carbocycles. The third-order valence-corrected chi connectivity index (χ3v) is 4.16. The fraction of sp³-hybridized carbons (Fsp3) is 0.500. The minimum atomic E-state index is -0.463. The molecular weight excluding hydrogens is 282 g/mol. The predicted molar refractivity (Wildman–Crippen MR) is 80.2 cm³/mol. The van der Waals surface area contributed by atoms with Crippen LogP contribution in [0.25, 0.3) is 0 Å². The van der Waals surface area contributed by atoms with Gasteiger partial charge in [0, 0.05) is 25.2 Å². The third-order valence-electron chi connectivity index (χ3n) is 4.16. The van der Waals surface area contributed by atoms with E-state index in [9.17, 15) is 4.79 Å². The van der Waals surface area contributed by atoms with Crippen molar-refractivity contribution in [2.75, 3.05) is 5.32 Å². The van der Waals surface area contributed by atoms with E-state index in [1.807, 2.05) is 7.05 Å². The first kappa shape index (κ1) is 14.4. The zero-order valence-electron chi connectivity index (χ0n) is 12.4. The number of tetrazole rings is 1. The van der Waals surface area contributed by atoms with Crippen molar-refractivity contribution in [2.45, 2.75) is 37.6 Å². The van der Waals surface area contributed by atoms with Crippen LogP contribution in [0.5, 0.6) is 0 Å². The summed E-state index contributed by atoms with van der Waals surface area (Å²) in [6.45, 7) is 0. The van der Waals surface area contributed by atoms with Crippen molar-refractivity contribution in [1.82, 2.24) is 25.2 Å². The van der Waals surface area contributed by atoms with Crippen LogP contribution >= 0.6 is 0 Å². The van der Waals surface area contributed by atoms with Gasteiger partial charge in [-0.1, -0.05) is 0 Å². The molecule has 1 aliphatic rings. The summed E-state index contributed by atoms with van der Waals surface area (Å²) in [7, 11) is 1.87. The second-order valence-electron chi connectivity index (χ2n) is 5.62. The molecule has 1 saturated carbocycles. The molecule has 0 unspecified atom stereocenters. The van der Waals surface area contributed by atoms with Crippen LogP contribution in [0, 0.1) is 0 Å². The summed E-state index contributed by atoms with van der Waals surface area (Å²) >= 11 is 0. The number of nitrogens with one attached hydrogen (secondary N) is 1. The Bertz CT molecular complexity index is 661. The Labute approximate surface area is 128 Å². The summed E-state index contributed by atoms with van der Waals surface area (Å²) in [6.07, 6.45) is 5.62. The summed E-state index contributed by atoms with van der Waals surface area (Å²) in [6, 6.07) is 3.68. The minimum absolute atomic E-state index is 0.283. The molecule has 0 atom stereocenters. The fourth-order valence-corrected chi connectivity index (χ4v) is 2.99. The molecule has 0 radical (unpaired) electrons. The zero-order valence-corrected chi connectivity index (χ0v) is 12.4. The number of rotatable bonds is 4. The maximum Gasteiger partial charge on any atom is 0.252 e. The molecule has 8 nitrogen and oxygen atoms in total. The van der Waals surface area contributed by atoms with E-state index in [-0.39, 0.29) is 6.04 Å². The van der Waals surface area contributed by atoms with Crippen LogP contribution in [0.15, 0.2) is 18.3 Å². The fourth-order valence-electron chi connectivity index (χ4n) is 2.99. The molecule has 2 aromatic heterocycles. The van der Waals surface area contributed by atoms with Gasteiger partial charge in [0.25, 0.3) is 5.91 Å². The SMILES string of the molecule is Cn1nnnc1C1CCC(Nc2ncccc2C(N)=O)CC1. The number of nitrogens with two attached hydrogens (primary N) is 1. The largest absolute Gasteiger partial charge is 0.367 e. The number of aryl methyl sites for hydroxylation is 1. The van der Waals surface area contributed by atoms with Crippen LogP contribution < -0.4 is 11.1 Å². The van der Waals surface area contributed by atoms with E-state index in [1.54, 1.807) is 23.0 Å². The number of primary amides is 1. The van der Waals surface area contributed by atoms with Gasteiger partial charge in [-0.2, -0.15) is 0 Å². The first-order chi connectivity index (χ1) is 10.6. The van der Waals surface area contributed by atoms with Gasteiger partial charge in [-0.15, -0.1) is 5.10 Å². The molecule has 1 fully saturated rings. The molecule has 0 aliphatic heterocycles. The highest BCUT2D eigenvalue weighted by atomic mass is 16.1. The van der Waals surface area contributed by atoms with Crippen molar-refractivity contribution >= 4 is 11.7 Å². The summed E-state index contributed by atoms with van der Waals surface area (Å²) in [4.78, 5) is 15.7. The van der Waals surface area contributed by atoms with Gasteiger partial charge in [0.1, 0.15) is 5.82 Å². The standard InChI is InChI=1S/C14H19N7O/c1-21-14(18-19-20-21)9-4-6-10(7-5-9)17-13-11(12(15)22)3-2-8-16-13/h2-3,8-10H,4-7H2,1H3,(H2,15,22)(H,16,17). The van der Waals surface area contributed by atoms with Crippen molar-refractivity contribution in [1.29, 1.82) is 0 Å². The van der Waals surface area contributed by atoms with Gasteiger partial charge >= 0.3 is 0 Å². The van der Waals surface area contributed by atoms with E-state index < -0.39 is 5.91 Å². The maximum atomic E-state index is 11.4. The monoisotopic (exact) mass is 301 g/mol. The topological polar surface area (TPSA) is 112 Å². The lowest BCUT2D eigenvalue weighted by molar-refractivity contribution is 0.100. The number of pyridine rings is 1. The molecule has 2 heterocycles. The van der Waals surface area contributed by atoms with E-state index in [4.69, 9.17) is 5.73 Å². The number of hydrogen-bond acceptors (Lipinski definition) is 6. The molecule has 22 heavy (non-hydrogen) atoms. The lowest BCUT2D eigenvalue weighted by Gasteiger charge is -2.28. The first-order valence-electron chi connectivity index (χ1n) is 7.38. The van der Waals surface area contributed by atoms with E-state index in [1.165, 1.54) is 0 Å². The van der Waals surface area contributed by atoms with Crippen molar-refractivity contribution in [2.24, 2.45) is 12.8 Å². The van der Waals surface area contributed by atoms with Crippen LogP contribution in [-0.4, -0.2) is 37.1 Å². The Morgan fingerprint density at radius 1 is 1.36 bits per heavy atom. The molecule has 0 saturated heterocycles.